The van der Waals surface area contributed by atoms with E-state index in [-0.39, 0.29) is 11.8 Å². The second-order valence-electron chi connectivity index (χ2n) is 4.55. The Hall–Kier alpha value is -0.670. The number of carbonyl (C=O) groups excluding carboxylic acids is 1. The van der Waals surface area contributed by atoms with E-state index in [2.05, 4.69) is 27.7 Å². The fraction of sp³-hybridized carbons (Fsp3) is 0.700. The average Bonchev–Trinajstić information content (AvgIpc) is 1.97. The zero-order valence-electron chi connectivity index (χ0n) is 9.13. The summed E-state index contributed by atoms with van der Waals surface area (Å²) in [6, 6.07) is -0.380. The number of ketones is 1. The summed E-state index contributed by atoms with van der Waals surface area (Å²) in [5, 5.41) is 0. The maximum atomic E-state index is 11.3. The van der Waals surface area contributed by atoms with Crippen molar-refractivity contribution in [3.05, 3.63) is 12.2 Å². The van der Waals surface area contributed by atoms with Gasteiger partial charge >= 0.3 is 0 Å². The molecule has 1 atom stereocenters. The van der Waals surface area contributed by atoms with E-state index in [1.165, 1.54) is 0 Å². The van der Waals surface area contributed by atoms with Gasteiger partial charge in [0, 0.05) is 6.42 Å². The molecule has 0 saturated heterocycles. The van der Waals surface area contributed by atoms with Crippen LogP contribution in [0, 0.1) is 0 Å². The van der Waals surface area contributed by atoms with E-state index in [4.69, 9.17) is 5.73 Å². The fourth-order valence-corrected chi connectivity index (χ4v) is 0.974. The van der Waals surface area contributed by atoms with Crippen molar-refractivity contribution in [3.8, 4) is 0 Å². The van der Waals surface area contributed by atoms with E-state index in [0.717, 1.165) is 17.4 Å². The zero-order valence-corrected chi connectivity index (χ0v) is 9.13. The summed E-state index contributed by atoms with van der Waals surface area (Å²) in [7, 11) is 6.24. The van der Waals surface area contributed by atoms with Gasteiger partial charge in [-0.25, -0.2) is 0 Å². The summed E-state index contributed by atoms with van der Waals surface area (Å²) in [4.78, 5) is 11.3. The Labute approximate surface area is 80.8 Å². The minimum absolute atomic E-state index is 0.0200. The van der Waals surface area contributed by atoms with Gasteiger partial charge in [0.25, 0.3) is 0 Å². The van der Waals surface area contributed by atoms with Crippen LogP contribution in [0.15, 0.2) is 12.2 Å². The van der Waals surface area contributed by atoms with Crippen LogP contribution in [0.3, 0.4) is 0 Å². The third-order valence-electron chi connectivity index (χ3n) is 1.87. The molecular weight excluding hydrogens is 164 g/mol. The minimum Gasteiger partial charge on any atom is -0.331 e. The van der Waals surface area contributed by atoms with E-state index >= 15 is 0 Å². The van der Waals surface area contributed by atoms with Gasteiger partial charge in [0.2, 0.25) is 0 Å². The Bertz CT molecular complexity index is 203. The molecule has 0 heterocycles. The monoisotopic (exact) mass is 185 g/mol. The number of nitrogens with two attached hydrogens (primary N) is 1. The largest absolute Gasteiger partial charge is 0.331 e. The van der Waals surface area contributed by atoms with Crippen molar-refractivity contribution in [3.63, 3.8) is 0 Å². The number of quaternary nitrogens is 1. The highest BCUT2D eigenvalue weighted by Gasteiger charge is 2.17. The standard InChI is InChI=1S/C10H21N2O/c1-8(2)10(13)9(11)6-7-12(3,4)5/h9H,1,6-7,11H2,2-5H3/q+1. The first kappa shape index (κ1) is 12.3. The lowest BCUT2D eigenvalue weighted by Gasteiger charge is -2.25. The molecule has 0 aliphatic carbocycles. The van der Waals surface area contributed by atoms with Crippen LogP contribution >= 0.6 is 0 Å². The van der Waals surface area contributed by atoms with Gasteiger partial charge in [0.05, 0.1) is 33.7 Å². The summed E-state index contributed by atoms with van der Waals surface area (Å²) >= 11 is 0. The Balaban J connectivity index is 3.95. The molecule has 0 bridgehead atoms. The summed E-state index contributed by atoms with van der Waals surface area (Å²) < 4.78 is 0.831. The summed E-state index contributed by atoms with van der Waals surface area (Å²) in [6.45, 7) is 6.19. The molecule has 0 amide bonds. The molecule has 0 spiro atoms. The molecule has 3 heteroatoms. The zero-order chi connectivity index (χ0) is 10.6. The topological polar surface area (TPSA) is 43.1 Å². The lowest BCUT2D eigenvalue weighted by molar-refractivity contribution is -0.870. The smallest absolute Gasteiger partial charge is 0.174 e. The van der Waals surface area contributed by atoms with Crippen LogP contribution in [-0.2, 0) is 4.79 Å². The molecule has 1 unspecified atom stereocenters. The third-order valence-corrected chi connectivity index (χ3v) is 1.87. The number of nitrogens with zero attached hydrogens (tertiary/aromatic N) is 1. The number of Topliss-reactive ketones (excluding diaryl/α,β-unsaturated/α-hetero) is 1. The molecule has 0 aliphatic heterocycles. The third kappa shape index (κ3) is 5.55. The lowest BCUT2D eigenvalue weighted by atomic mass is 10.0. The Morgan fingerprint density at radius 1 is 1.46 bits per heavy atom. The van der Waals surface area contributed by atoms with Gasteiger partial charge in [-0.2, -0.15) is 0 Å². The van der Waals surface area contributed by atoms with E-state index < -0.39 is 0 Å². The predicted octanol–water partition coefficient (Wildman–Crippen LogP) is 0.555. The van der Waals surface area contributed by atoms with Gasteiger partial charge in [-0.3, -0.25) is 4.79 Å². The molecule has 13 heavy (non-hydrogen) atoms. The molecule has 0 aromatic rings. The van der Waals surface area contributed by atoms with Crippen LogP contribution in [0.5, 0.6) is 0 Å². The second-order valence-corrected chi connectivity index (χ2v) is 4.55. The molecule has 2 N–H and O–H groups in total. The van der Waals surface area contributed by atoms with Gasteiger partial charge in [-0.15, -0.1) is 0 Å². The predicted molar refractivity (Wildman–Crippen MR) is 55.3 cm³/mol. The molecule has 0 aliphatic rings. The first-order valence-electron chi connectivity index (χ1n) is 4.50. The molecule has 76 valence electrons. The lowest BCUT2D eigenvalue weighted by Crippen LogP contribution is -2.41. The highest BCUT2D eigenvalue weighted by molar-refractivity contribution is 5.98. The number of hydrogen-bond donors (Lipinski definition) is 1. The van der Waals surface area contributed by atoms with Gasteiger partial charge in [0.15, 0.2) is 5.78 Å². The number of hydrogen-bond acceptors (Lipinski definition) is 2. The van der Waals surface area contributed by atoms with Crippen LogP contribution in [-0.4, -0.2) is 44.0 Å². The van der Waals surface area contributed by atoms with Crippen LogP contribution in [0.25, 0.3) is 0 Å². The molecule has 0 aromatic carbocycles. The average molecular weight is 185 g/mol. The van der Waals surface area contributed by atoms with Crippen molar-refractivity contribution in [1.82, 2.24) is 0 Å². The molecule has 0 aromatic heterocycles. The Morgan fingerprint density at radius 2 is 1.92 bits per heavy atom. The number of rotatable bonds is 5. The molecule has 0 fully saturated rings. The van der Waals surface area contributed by atoms with Crippen LogP contribution < -0.4 is 5.73 Å². The van der Waals surface area contributed by atoms with Crippen molar-refractivity contribution < 1.29 is 9.28 Å². The van der Waals surface area contributed by atoms with Crippen LogP contribution in [0.2, 0.25) is 0 Å². The van der Waals surface area contributed by atoms with Crippen molar-refractivity contribution >= 4 is 5.78 Å². The van der Waals surface area contributed by atoms with E-state index in [1.54, 1.807) is 6.92 Å². The maximum absolute atomic E-state index is 11.3. The van der Waals surface area contributed by atoms with Crippen molar-refractivity contribution in [2.24, 2.45) is 5.73 Å². The Morgan fingerprint density at radius 3 is 2.23 bits per heavy atom. The van der Waals surface area contributed by atoms with E-state index in [9.17, 15) is 4.79 Å². The second kappa shape index (κ2) is 4.53. The molecule has 0 saturated carbocycles. The Kier molecular flexibility index (Phi) is 4.30. The first-order valence-corrected chi connectivity index (χ1v) is 4.50. The quantitative estimate of drug-likeness (QED) is 0.502. The molecule has 0 rings (SSSR count). The fourth-order valence-electron chi connectivity index (χ4n) is 0.974. The van der Waals surface area contributed by atoms with Gasteiger partial charge in [-0.1, -0.05) is 6.58 Å². The van der Waals surface area contributed by atoms with Crippen LogP contribution in [0.4, 0.5) is 0 Å². The highest BCUT2D eigenvalue weighted by atomic mass is 16.1. The molecule has 0 radical (unpaired) electrons. The van der Waals surface area contributed by atoms with E-state index in [1.807, 2.05) is 0 Å². The highest BCUT2D eigenvalue weighted by Crippen LogP contribution is 2.01. The normalized spacial score (nSPS) is 13.9. The summed E-state index contributed by atoms with van der Waals surface area (Å²) in [6.07, 6.45) is 0.717. The molecular formula is C10H21N2O+. The molecule has 3 nitrogen and oxygen atoms in total. The summed E-state index contributed by atoms with van der Waals surface area (Å²) in [5.41, 5.74) is 6.25. The summed E-state index contributed by atoms with van der Waals surface area (Å²) in [5.74, 6) is -0.0200. The van der Waals surface area contributed by atoms with Gasteiger partial charge in [0.1, 0.15) is 0 Å². The van der Waals surface area contributed by atoms with E-state index in [0.29, 0.717) is 5.57 Å². The van der Waals surface area contributed by atoms with Crippen molar-refractivity contribution in [2.45, 2.75) is 19.4 Å². The SMILES string of the molecule is C=C(C)C(=O)C(N)CC[N+](C)(C)C. The number of carbonyl (C=O) groups is 1. The maximum Gasteiger partial charge on any atom is 0.174 e. The first-order chi connectivity index (χ1) is 5.74. The van der Waals surface area contributed by atoms with Crippen molar-refractivity contribution in [2.75, 3.05) is 27.7 Å². The van der Waals surface area contributed by atoms with Gasteiger partial charge < -0.3 is 10.2 Å². The van der Waals surface area contributed by atoms with Crippen LogP contribution in [0.1, 0.15) is 13.3 Å². The minimum atomic E-state index is -0.380. The van der Waals surface area contributed by atoms with Gasteiger partial charge in [-0.05, 0) is 12.5 Å². The van der Waals surface area contributed by atoms with Crippen molar-refractivity contribution in [1.29, 1.82) is 0 Å².